The van der Waals surface area contributed by atoms with Gasteiger partial charge in [0.15, 0.2) is 12.4 Å². The molecule has 0 saturated heterocycles. The fourth-order valence-electron chi connectivity index (χ4n) is 3.40. The molecule has 0 aliphatic rings. The number of unbranched alkanes of at least 4 members (excludes halogenated alkanes) is 1. The zero-order chi connectivity index (χ0) is 24.3. The summed E-state index contributed by atoms with van der Waals surface area (Å²) in [4.78, 5) is 27.2. The van der Waals surface area contributed by atoms with Gasteiger partial charge in [-0.2, -0.15) is 0 Å². The first-order valence-corrected chi connectivity index (χ1v) is 11.4. The summed E-state index contributed by atoms with van der Waals surface area (Å²) in [7, 11) is 3.39. The van der Waals surface area contributed by atoms with Crippen molar-refractivity contribution in [2.75, 3.05) is 27.3 Å². The van der Waals surface area contributed by atoms with Crippen LogP contribution in [0.15, 0.2) is 78.9 Å². The normalized spacial score (nSPS) is 11.1. The number of hydrogen-bond acceptors (Lipinski definition) is 4. The van der Waals surface area contributed by atoms with E-state index in [0.29, 0.717) is 22.6 Å². The summed E-state index contributed by atoms with van der Waals surface area (Å²) in [5.74, 6) is 1.19. The molecule has 0 aliphatic carbocycles. The molecule has 5 heteroatoms. The molecule has 176 valence electrons. The van der Waals surface area contributed by atoms with Gasteiger partial charge in [-0.1, -0.05) is 55.8 Å². The van der Waals surface area contributed by atoms with Gasteiger partial charge >= 0.3 is 0 Å². The van der Waals surface area contributed by atoms with Crippen LogP contribution in [-0.4, -0.2) is 43.9 Å². The fraction of sp³-hybridized carbons (Fsp3) is 0.241. The van der Waals surface area contributed by atoms with Gasteiger partial charge < -0.3 is 14.4 Å². The predicted molar refractivity (Wildman–Crippen MR) is 136 cm³/mol. The van der Waals surface area contributed by atoms with E-state index in [4.69, 9.17) is 9.47 Å². The molecule has 0 fully saturated rings. The van der Waals surface area contributed by atoms with Crippen molar-refractivity contribution in [1.29, 1.82) is 0 Å². The topological polar surface area (TPSA) is 55.8 Å². The van der Waals surface area contributed by atoms with Gasteiger partial charge in [0.2, 0.25) is 0 Å². The molecule has 0 aliphatic heterocycles. The van der Waals surface area contributed by atoms with Crippen molar-refractivity contribution in [3.63, 3.8) is 0 Å². The number of benzene rings is 3. The number of ketones is 1. The van der Waals surface area contributed by atoms with Crippen LogP contribution in [0, 0.1) is 0 Å². The van der Waals surface area contributed by atoms with Crippen molar-refractivity contribution < 1.29 is 19.1 Å². The van der Waals surface area contributed by atoms with Gasteiger partial charge in [0.1, 0.15) is 11.5 Å². The van der Waals surface area contributed by atoms with Crippen LogP contribution >= 0.6 is 0 Å². The molecule has 0 saturated carbocycles. The number of carbonyl (C=O) groups is 2. The van der Waals surface area contributed by atoms with Gasteiger partial charge in [-0.3, -0.25) is 9.59 Å². The molecule has 0 N–H and O–H groups in total. The molecular weight excluding hydrogens is 426 g/mol. The number of likely N-dealkylation sites (N-methyl/N-ethyl adjacent to an activating group) is 1. The Bertz CT molecular complexity index is 1100. The Labute approximate surface area is 201 Å². The summed E-state index contributed by atoms with van der Waals surface area (Å²) in [5.41, 5.74) is 2.87. The molecule has 3 rings (SSSR count). The van der Waals surface area contributed by atoms with E-state index in [1.54, 1.807) is 43.3 Å². The third kappa shape index (κ3) is 6.82. The molecule has 0 aromatic heterocycles. The van der Waals surface area contributed by atoms with E-state index < -0.39 is 0 Å². The summed E-state index contributed by atoms with van der Waals surface area (Å²) in [6.45, 7) is 2.83. The van der Waals surface area contributed by atoms with Crippen molar-refractivity contribution in [2.45, 2.75) is 19.8 Å². The highest BCUT2D eigenvalue weighted by Crippen LogP contribution is 2.25. The predicted octanol–water partition coefficient (Wildman–Crippen LogP) is 5.76. The second-order valence-corrected chi connectivity index (χ2v) is 8.01. The maximum absolute atomic E-state index is 13.4. The van der Waals surface area contributed by atoms with Crippen molar-refractivity contribution in [3.05, 3.63) is 95.6 Å². The Morgan fingerprint density at radius 1 is 0.853 bits per heavy atom. The second-order valence-electron chi connectivity index (χ2n) is 8.01. The Morgan fingerprint density at radius 3 is 2.12 bits per heavy atom. The Balaban J connectivity index is 1.77. The monoisotopic (exact) mass is 457 g/mol. The van der Waals surface area contributed by atoms with Gasteiger partial charge in [0, 0.05) is 24.7 Å². The van der Waals surface area contributed by atoms with E-state index in [9.17, 15) is 9.59 Å². The molecule has 0 atom stereocenters. The number of amides is 1. The van der Waals surface area contributed by atoms with Crippen LogP contribution in [0.1, 0.15) is 41.3 Å². The van der Waals surface area contributed by atoms with Crippen LogP contribution in [0.3, 0.4) is 0 Å². The van der Waals surface area contributed by atoms with Gasteiger partial charge in [0.25, 0.3) is 5.91 Å². The summed E-state index contributed by atoms with van der Waals surface area (Å²) < 4.78 is 10.9. The maximum atomic E-state index is 13.4. The molecule has 0 heterocycles. The summed E-state index contributed by atoms with van der Waals surface area (Å²) in [5, 5.41) is 0. The van der Waals surface area contributed by atoms with Crippen LogP contribution < -0.4 is 9.47 Å². The van der Waals surface area contributed by atoms with Crippen LogP contribution in [0.25, 0.3) is 11.6 Å². The van der Waals surface area contributed by atoms with Crippen LogP contribution in [0.5, 0.6) is 11.5 Å². The average molecular weight is 458 g/mol. The van der Waals surface area contributed by atoms with E-state index >= 15 is 0 Å². The lowest BCUT2D eigenvalue weighted by Crippen LogP contribution is -2.32. The number of hydrogen-bond donors (Lipinski definition) is 0. The highest BCUT2D eigenvalue weighted by molar-refractivity contribution is 6.32. The number of Topliss-reactive ketones (excluding diaryl/α,β-unsaturated/α-hetero) is 1. The van der Waals surface area contributed by atoms with Crippen LogP contribution in [0.2, 0.25) is 0 Å². The number of rotatable bonds is 11. The minimum absolute atomic E-state index is 0.000616. The third-order valence-corrected chi connectivity index (χ3v) is 5.51. The molecule has 3 aromatic carbocycles. The Morgan fingerprint density at radius 2 is 1.50 bits per heavy atom. The lowest BCUT2D eigenvalue weighted by atomic mass is 9.94. The molecule has 34 heavy (non-hydrogen) atoms. The number of nitrogens with zero attached hydrogens (tertiary/aromatic N) is 1. The third-order valence-electron chi connectivity index (χ3n) is 5.51. The molecule has 0 unspecified atom stereocenters. The van der Waals surface area contributed by atoms with E-state index in [-0.39, 0.29) is 18.3 Å². The van der Waals surface area contributed by atoms with Crippen molar-refractivity contribution in [3.8, 4) is 11.5 Å². The smallest absolute Gasteiger partial charge is 0.260 e. The SMILES string of the molecule is CCCCN(C)C(=O)COc1ccc(/C=C(/C(=O)c2ccc(OC)cc2)c2ccccc2)cc1. The first kappa shape index (κ1) is 24.8. The quantitative estimate of drug-likeness (QED) is 0.209. The Hall–Kier alpha value is -3.86. The van der Waals surface area contributed by atoms with E-state index in [1.165, 1.54) is 0 Å². The van der Waals surface area contributed by atoms with Gasteiger partial charge in [-0.05, 0) is 60.0 Å². The van der Waals surface area contributed by atoms with Gasteiger partial charge in [-0.15, -0.1) is 0 Å². The molecule has 5 nitrogen and oxygen atoms in total. The number of methoxy groups -OCH3 is 1. The molecule has 0 bridgehead atoms. The van der Waals surface area contributed by atoms with Crippen molar-refractivity contribution >= 4 is 23.3 Å². The maximum Gasteiger partial charge on any atom is 0.260 e. The highest BCUT2D eigenvalue weighted by Gasteiger charge is 2.15. The van der Waals surface area contributed by atoms with Crippen LogP contribution in [0.4, 0.5) is 0 Å². The average Bonchev–Trinajstić information content (AvgIpc) is 2.89. The number of ether oxygens (including phenoxy) is 2. The van der Waals surface area contributed by atoms with E-state index in [2.05, 4.69) is 6.92 Å². The zero-order valence-corrected chi connectivity index (χ0v) is 20.0. The van der Waals surface area contributed by atoms with Crippen molar-refractivity contribution in [2.24, 2.45) is 0 Å². The number of carbonyl (C=O) groups excluding carboxylic acids is 2. The zero-order valence-electron chi connectivity index (χ0n) is 20.0. The standard InChI is InChI=1S/C29H31NO4/c1-4-5-19-30(2)28(31)21-34-26-15-11-22(12-16-26)20-27(23-9-7-6-8-10-23)29(32)24-13-17-25(33-3)18-14-24/h6-18,20H,4-5,19,21H2,1-3H3/b27-20+. The fourth-order valence-corrected chi connectivity index (χ4v) is 3.40. The Kier molecular flexibility index (Phi) is 9.04. The minimum atomic E-state index is -0.0742. The molecular formula is C29H31NO4. The van der Waals surface area contributed by atoms with E-state index in [1.807, 2.05) is 60.7 Å². The summed E-state index contributed by atoms with van der Waals surface area (Å²) >= 11 is 0. The lowest BCUT2D eigenvalue weighted by molar-refractivity contribution is -0.132. The minimum Gasteiger partial charge on any atom is -0.497 e. The van der Waals surface area contributed by atoms with Crippen molar-refractivity contribution in [1.82, 2.24) is 4.90 Å². The van der Waals surface area contributed by atoms with Gasteiger partial charge in [0.05, 0.1) is 7.11 Å². The highest BCUT2D eigenvalue weighted by atomic mass is 16.5. The summed E-state index contributed by atoms with van der Waals surface area (Å²) in [6.07, 6.45) is 3.89. The first-order chi connectivity index (χ1) is 16.5. The molecule has 1 amide bonds. The second kappa shape index (κ2) is 12.4. The number of allylic oxidation sites excluding steroid dienone is 1. The molecule has 0 radical (unpaired) electrons. The van der Waals surface area contributed by atoms with E-state index in [0.717, 1.165) is 30.5 Å². The van der Waals surface area contributed by atoms with Crippen LogP contribution in [-0.2, 0) is 4.79 Å². The largest absolute Gasteiger partial charge is 0.497 e. The summed E-state index contributed by atoms with van der Waals surface area (Å²) in [6, 6.07) is 24.1. The lowest BCUT2D eigenvalue weighted by Gasteiger charge is -2.17. The molecule has 3 aromatic rings. The first-order valence-electron chi connectivity index (χ1n) is 11.4. The van der Waals surface area contributed by atoms with Gasteiger partial charge in [-0.25, -0.2) is 0 Å². The molecule has 0 spiro atoms.